The zero-order valence-corrected chi connectivity index (χ0v) is 17.8. The molecule has 1 aliphatic carbocycles. The second-order valence-corrected chi connectivity index (χ2v) is 9.02. The van der Waals surface area contributed by atoms with Gasteiger partial charge in [0.25, 0.3) is 5.56 Å². The molecule has 0 bridgehead atoms. The molecule has 0 unspecified atom stereocenters. The Morgan fingerprint density at radius 3 is 2.65 bits per heavy atom. The molecule has 1 aromatic heterocycles. The standard InChI is InChI=1S/C25H29N3O3/c1-2-6-17-11-12-21-22-19(14-27(21)25(17)31)20(15-29)23(28(22)13-16-9-10-16)24(30)26-18-7-4-3-5-8-18/h2-8,11-12,16,19-20,22-23,29H,9-10,13-15H2,1H3,(H,26,30)/b6-2-/t19-,20-,22+,23-/m1/s1. The number of aliphatic hydroxyl groups excluding tert-OH is 1. The molecule has 1 aromatic carbocycles. The number of rotatable bonds is 6. The molecule has 31 heavy (non-hydrogen) atoms. The van der Waals surface area contributed by atoms with Crippen LogP contribution in [-0.2, 0) is 11.3 Å². The normalized spacial score (nSPS) is 27.4. The van der Waals surface area contributed by atoms with Crippen molar-refractivity contribution >= 4 is 17.7 Å². The van der Waals surface area contributed by atoms with Crippen LogP contribution in [0.3, 0.4) is 0 Å². The molecule has 1 amide bonds. The van der Waals surface area contributed by atoms with Gasteiger partial charge in [0.2, 0.25) is 5.91 Å². The average molecular weight is 420 g/mol. The first-order valence-corrected chi connectivity index (χ1v) is 11.2. The van der Waals surface area contributed by atoms with Gasteiger partial charge in [-0.25, -0.2) is 0 Å². The van der Waals surface area contributed by atoms with Crippen LogP contribution in [0.25, 0.3) is 6.08 Å². The number of aliphatic hydroxyl groups is 1. The van der Waals surface area contributed by atoms with Crippen LogP contribution < -0.4 is 10.9 Å². The van der Waals surface area contributed by atoms with Crippen molar-refractivity contribution < 1.29 is 9.90 Å². The van der Waals surface area contributed by atoms with Crippen LogP contribution in [0.1, 0.15) is 37.1 Å². The Morgan fingerprint density at radius 2 is 1.97 bits per heavy atom. The van der Waals surface area contributed by atoms with Crippen molar-refractivity contribution in [1.82, 2.24) is 9.47 Å². The van der Waals surface area contributed by atoms with Gasteiger partial charge in [0.15, 0.2) is 0 Å². The van der Waals surface area contributed by atoms with Crippen LogP contribution in [-0.4, -0.2) is 39.7 Å². The average Bonchev–Trinajstić information content (AvgIpc) is 3.43. The molecule has 6 heteroatoms. The lowest BCUT2D eigenvalue weighted by molar-refractivity contribution is -0.122. The van der Waals surface area contributed by atoms with E-state index >= 15 is 0 Å². The molecule has 2 aromatic rings. The first-order valence-electron chi connectivity index (χ1n) is 11.2. The van der Waals surface area contributed by atoms with Gasteiger partial charge in [0.1, 0.15) is 0 Å². The summed E-state index contributed by atoms with van der Waals surface area (Å²) < 4.78 is 1.86. The highest BCUT2D eigenvalue weighted by atomic mass is 16.3. The number of pyridine rings is 1. The predicted octanol–water partition coefficient (Wildman–Crippen LogP) is 2.89. The third-order valence-electron chi connectivity index (χ3n) is 7.04. The van der Waals surface area contributed by atoms with Crippen molar-refractivity contribution in [1.29, 1.82) is 0 Å². The highest BCUT2D eigenvalue weighted by Gasteiger charge is 2.56. The second kappa shape index (κ2) is 8.09. The van der Waals surface area contributed by atoms with Crippen LogP contribution >= 0.6 is 0 Å². The van der Waals surface area contributed by atoms with Crippen LogP contribution in [0.2, 0.25) is 0 Å². The summed E-state index contributed by atoms with van der Waals surface area (Å²) in [6.07, 6.45) is 6.07. The minimum Gasteiger partial charge on any atom is -0.396 e. The molecule has 2 fully saturated rings. The van der Waals surface area contributed by atoms with E-state index in [1.807, 2.05) is 66.1 Å². The fraction of sp³-hybridized carbons (Fsp3) is 0.440. The van der Waals surface area contributed by atoms with Gasteiger partial charge in [0.05, 0.1) is 12.1 Å². The Labute approximate surface area is 182 Å². The molecule has 2 N–H and O–H groups in total. The molecule has 6 nitrogen and oxygen atoms in total. The number of fused-ring (bicyclic) bond motifs is 3. The summed E-state index contributed by atoms with van der Waals surface area (Å²) in [7, 11) is 0. The first-order chi connectivity index (χ1) is 15.1. The molecule has 2 aliphatic heterocycles. The van der Waals surface area contributed by atoms with Gasteiger partial charge >= 0.3 is 0 Å². The summed E-state index contributed by atoms with van der Waals surface area (Å²) in [5.41, 5.74) is 2.43. The third kappa shape index (κ3) is 3.54. The van der Waals surface area contributed by atoms with Gasteiger partial charge < -0.3 is 15.0 Å². The first kappa shape index (κ1) is 20.2. The molecule has 5 rings (SSSR count). The molecular weight excluding hydrogens is 390 g/mol. The van der Waals surface area contributed by atoms with Gasteiger partial charge in [-0.1, -0.05) is 30.4 Å². The van der Waals surface area contributed by atoms with Gasteiger partial charge in [-0.2, -0.15) is 0 Å². The number of carbonyl (C=O) groups is 1. The maximum absolute atomic E-state index is 13.4. The number of hydrogen-bond acceptors (Lipinski definition) is 4. The smallest absolute Gasteiger partial charge is 0.258 e. The number of benzene rings is 1. The molecule has 162 valence electrons. The summed E-state index contributed by atoms with van der Waals surface area (Å²) >= 11 is 0. The van der Waals surface area contributed by atoms with Crippen molar-refractivity contribution in [3.8, 4) is 0 Å². The van der Waals surface area contributed by atoms with Gasteiger partial charge in [0, 0.05) is 48.5 Å². The molecule has 1 saturated heterocycles. The number of hydrogen-bond donors (Lipinski definition) is 2. The van der Waals surface area contributed by atoms with Crippen LogP contribution in [0, 0.1) is 17.8 Å². The fourth-order valence-corrected chi connectivity index (χ4v) is 5.47. The summed E-state index contributed by atoms with van der Waals surface area (Å²) in [5.74, 6) is 0.355. The van der Waals surface area contributed by atoms with Crippen LogP contribution in [0.15, 0.2) is 53.3 Å². The lowest BCUT2D eigenvalue weighted by Gasteiger charge is -2.30. The maximum atomic E-state index is 13.4. The number of anilines is 1. The summed E-state index contributed by atoms with van der Waals surface area (Å²) in [6.45, 7) is 3.21. The van der Waals surface area contributed by atoms with E-state index < -0.39 is 6.04 Å². The predicted molar refractivity (Wildman–Crippen MR) is 121 cm³/mol. The van der Waals surface area contributed by atoms with E-state index in [4.69, 9.17) is 0 Å². The summed E-state index contributed by atoms with van der Waals surface area (Å²) in [4.78, 5) is 28.7. The number of para-hydroxylation sites is 1. The van der Waals surface area contributed by atoms with E-state index in [9.17, 15) is 14.7 Å². The number of allylic oxidation sites excluding steroid dienone is 1. The highest BCUT2D eigenvalue weighted by molar-refractivity contribution is 5.95. The minimum absolute atomic E-state index is 0.0124. The molecule has 3 aliphatic rings. The Hall–Kier alpha value is -2.70. The molecule has 3 heterocycles. The Balaban J connectivity index is 1.52. The van der Waals surface area contributed by atoms with E-state index in [1.54, 1.807) is 0 Å². The number of likely N-dealkylation sites (tertiary alicyclic amines) is 1. The summed E-state index contributed by atoms with van der Waals surface area (Å²) in [6, 6.07) is 13.0. The van der Waals surface area contributed by atoms with Gasteiger partial charge in [-0.15, -0.1) is 0 Å². The number of nitrogens with zero attached hydrogens (tertiary/aromatic N) is 2. The number of carbonyl (C=O) groups excluding carboxylic acids is 1. The molecule has 0 spiro atoms. The van der Waals surface area contributed by atoms with Crippen molar-refractivity contribution in [3.63, 3.8) is 0 Å². The van der Waals surface area contributed by atoms with E-state index in [0.29, 0.717) is 18.0 Å². The fourth-order valence-electron chi connectivity index (χ4n) is 5.47. The SMILES string of the molecule is C/C=C\c1ccc2n(c1=O)C[C@@H]1[C@@H](CO)[C@H](C(=O)Nc3ccccc3)N(CC3CC3)[C@H]21. The maximum Gasteiger partial charge on any atom is 0.258 e. The Kier molecular flexibility index (Phi) is 5.28. The highest BCUT2D eigenvalue weighted by Crippen LogP contribution is 2.50. The van der Waals surface area contributed by atoms with Crippen molar-refractivity contribution in [2.24, 2.45) is 17.8 Å². The number of aromatic nitrogens is 1. The van der Waals surface area contributed by atoms with Gasteiger partial charge in [-0.05, 0) is 49.9 Å². The van der Waals surface area contributed by atoms with Crippen molar-refractivity contribution in [2.45, 2.75) is 38.4 Å². The van der Waals surface area contributed by atoms with E-state index in [0.717, 1.165) is 17.9 Å². The topological polar surface area (TPSA) is 74.6 Å². The minimum atomic E-state index is -0.403. The zero-order valence-electron chi connectivity index (χ0n) is 17.8. The van der Waals surface area contributed by atoms with E-state index in [1.165, 1.54) is 12.8 Å². The van der Waals surface area contributed by atoms with E-state index in [-0.39, 0.29) is 36.0 Å². The van der Waals surface area contributed by atoms with Gasteiger partial charge in [-0.3, -0.25) is 14.5 Å². The zero-order chi connectivity index (χ0) is 21.5. The van der Waals surface area contributed by atoms with Crippen molar-refractivity contribution in [3.05, 3.63) is 70.2 Å². The number of nitrogens with one attached hydrogen (secondary N) is 1. The molecule has 0 radical (unpaired) electrons. The molecule has 1 saturated carbocycles. The lowest BCUT2D eigenvalue weighted by atomic mass is 9.88. The number of amides is 1. The second-order valence-electron chi connectivity index (χ2n) is 9.02. The Morgan fingerprint density at radius 1 is 1.19 bits per heavy atom. The monoisotopic (exact) mass is 419 g/mol. The van der Waals surface area contributed by atoms with E-state index in [2.05, 4.69) is 10.2 Å². The largest absolute Gasteiger partial charge is 0.396 e. The van der Waals surface area contributed by atoms with Crippen LogP contribution in [0.4, 0.5) is 5.69 Å². The summed E-state index contributed by atoms with van der Waals surface area (Å²) in [5, 5.41) is 13.4. The van der Waals surface area contributed by atoms with Crippen LogP contribution in [0.5, 0.6) is 0 Å². The lowest BCUT2D eigenvalue weighted by Crippen LogP contribution is -2.46. The quantitative estimate of drug-likeness (QED) is 0.755. The molecular formula is C25H29N3O3. The van der Waals surface area contributed by atoms with Crippen molar-refractivity contribution in [2.75, 3.05) is 18.5 Å². The molecule has 4 atom stereocenters. The Bertz CT molecular complexity index is 1060. The third-order valence-corrected chi connectivity index (χ3v) is 7.04.